The van der Waals surface area contributed by atoms with Gasteiger partial charge in [-0.15, -0.1) is 0 Å². The number of carbonyl (C=O) groups is 2. The summed E-state index contributed by atoms with van der Waals surface area (Å²) in [5.74, 6) is -0.702. The standard InChI is InChI=1S/C29H36Cl2N4O5S/c30-22-9-10-27(23(31)19-22)41(38,39)35-13-11-32-29(37)26(35)20-28(36)34-12-5-4-8-24(34)25(33-14-16-40-17-15-33)18-21-6-2-1-3-7-21/h1-3,6-7,9-10,19,24-26H,4-5,8,11-18,20H2,(H,32,37). The highest BCUT2D eigenvalue weighted by Gasteiger charge is 2.43. The number of hydrogen-bond donors (Lipinski definition) is 1. The third-order valence-electron chi connectivity index (χ3n) is 8.25. The maximum absolute atomic E-state index is 14.0. The van der Waals surface area contributed by atoms with Gasteiger partial charge in [0.1, 0.15) is 10.9 Å². The Balaban J connectivity index is 1.40. The van der Waals surface area contributed by atoms with Gasteiger partial charge in [0.25, 0.3) is 0 Å². The minimum Gasteiger partial charge on any atom is -0.379 e. The van der Waals surface area contributed by atoms with Crippen LogP contribution in [-0.2, 0) is 30.8 Å². The Kier molecular flexibility index (Phi) is 9.89. The number of likely N-dealkylation sites (tertiary alicyclic amines) is 1. The van der Waals surface area contributed by atoms with Crippen LogP contribution in [0.15, 0.2) is 53.4 Å². The highest BCUT2D eigenvalue weighted by Crippen LogP contribution is 2.31. The highest BCUT2D eigenvalue weighted by atomic mass is 35.5. The Labute approximate surface area is 251 Å². The lowest BCUT2D eigenvalue weighted by Crippen LogP contribution is -2.61. The maximum Gasteiger partial charge on any atom is 0.245 e. The van der Waals surface area contributed by atoms with Crippen molar-refractivity contribution in [3.8, 4) is 0 Å². The molecule has 0 radical (unpaired) electrons. The summed E-state index contributed by atoms with van der Waals surface area (Å²) in [7, 11) is -4.17. The lowest BCUT2D eigenvalue weighted by atomic mass is 9.89. The van der Waals surface area contributed by atoms with Crippen LogP contribution in [0.5, 0.6) is 0 Å². The van der Waals surface area contributed by atoms with Gasteiger partial charge < -0.3 is 15.0 Å². The quantitative estimate of drug-likeness (QED) is 0.485. The number of hydrogen-bond acceptors (Lipinski definition) is 6. The largest absolute Gasteiger partial charge is 0.379 e. The van der Waals surface area contributed by atoms with Crippen molar-refractivity contribution in [2.45, 2.75) is 55.1 Å². The number of carbonyl (C=O) groups excluding carboxylic acids is 2. The monoisotopic (exact) mass is 622 g/mol. The summed E-state index contributed by atoms with van der Waals surface area (Å²) < 4.78 is 34.1. The predicted molar refractivity (Wildman–Crippen MR) is 157 cm³/mol. The number of morpholine rings is 1. The Morgan fingerprint density at radius 3 is 2.51 bits per heavy atom. The number of sulfonamides is 1. The fourth-order valence-corrected chi connectivity index (χ4v) is 8.55. The van der Waals surface area contributed by atoms with E-state index in [-0.39, 0.29) is 47.4 Å². The highest BCUT2D eigenvalue weighted by molar-refractivity contribution is 7.89. The van der Waals surface area contributed by atoms with Crippen LogP contribution in [-0.4, -0.2) is 98.4 Å². The van der Waals surface area contributed by atoms with E-state index >= 15 is 0 Å². The lowest BCUT2D eigenvalue weighted by Gasteiger charge is -2.46. The van der Waals surface area contributed by atoms with Crippen LogP contribution in [0.4, 0.5) is 0 Å². The molecule has 9 nitrogen and oxygen atoms in total. The number of halogens is 2. The van der Waals surface area contributed by atoms with Crippen LogP contribution in [0.25, 0.3) is 0 Å². The zero-order valence-corrected chi connectivity index (χ0v) is 25.2. The van der Waals surface area contributed by atoms with Crippen molar-refractivity contribution >= 4 is 45.0 Å². The third kappa shape index (κ3) is 6.89. The topological polar surface area (TPSA) is 99.3 Å². The molecular weight excluding hydrogens is 587 g/mol. The Bertz CT molecular complexity index is 1340. The predicted octanol–water partition coefficient (Wildman–Crippen LogP) is 3.20. The van der Waals surface area contributed by atoms with Crippen molar-refractivity contribution in [1.29, 1.82) is 0 Å². The SMILES string of the molecule is O=C1NCCN(S(=O)(=O)c2ccc(Cl)cc2Cl)C1CC(=O)N1CCCCC1C(Cc1ccccc1)N1CCOCC1. The van der Waals surface area contributed by atoms with Crippen molar-refractivity contribution in [2.24, 2.45) is 0 Å². The summed E-state index contributed by atoms with van der Waals surface area (Å²) in [6.45, 7) is 3.63. The second kappa shape index (κ2) is 13.4. The number of piperazine rings is 1. The Hall–Kier alpha value is -2.21. The normalized spacial score (nSPS) is 23.7. The van der Waals surface area contributed by atoms with E-state index in [1.807, 2.05) is 23.1 Å². The van der Waals surface area contributed by atoms with Gasteiger partial charge in [0.2, 0.25) is 21.8 Å². The van der Waals surface area contributed by atoms with Crippen LogP contribution in [0.3, 0.4) is 0 Å². The summed E-state index contributed by atoms with van der Waals surface area (Å²) in [5, 5.41) is 3.02. The molecule has 5 rings (SSSR count). The van der Waals surface area contributed by atoms with Crippen molar-refractivity contribution in [3.63, 3.8) is 0 Å². The molecule has 3 atom stereocenters. The van der Waals surface area contributed by atoms with Gasteiger partial charge in [-0.3, -0.25) is 14.5 Å². The molecule has 1 N–H and O–H groups in total. The Morgan fingerprint density at radius 1 is 1.02 bits per heavy atom. The number of rotatable bonds is 8. The molecular formula is C29H36Cl2N4O5S. The van der Waals surface area contributed by atoms with Gasteiger partial charge in [0, 0.05) is 49.8 Å². The van der Waals surface area contributed by atoms with E-state index in [9.17, 15) is 18.0 Å². The molecule has 3 unspecified atom stereocenters. The molecule has 3 aliphatic rings. The van der Waals surface area contributed by atoms with E-state index < -0.39 is 22.0 Å². The second-order valence-electron chi connectivity index (χ2n) is 10.8. The first-order valence-corrected chi connectivity index (χ1v) is 16.3. The maximum atomic E-state index is 14.0. The average Bonchev–Trinajstić information content (AvgIpc) is 2.97. The molecule has 3 heterocycles. The summed E-state index contributed by atoms with van der Waals surface area (Å²) in [6, 6.07) is 13.3. The summed E-state index contributed by atoms with van der Waals surface area (Å²) in [4.78, 5) is 31.3. The zero-order chi connectivity index (χ0) is 29.0. The van der Waals surface area contributed by atoms with Crippen molar-refractivity contribution < 1.29 is 22.7 Å². The van der Waals surface area contributed by atoms with Gasteiger partial charge in [-0.1, -0.05) is 53.5 Å². The molecule has 222 valence electrons. The zero-order valence-electron chi connectivity index (χ0n) is 22.9. The van der Waals surface area contributed by atoms with E-state index in [0.717, 1.165) is 43.1 Å². The van der Waals surface area contributed by atoms with Crippen LogP contribution >= 0.6 is 23.2 Å². The van der Waals surface area contributed by atoms with Crippen LogP contribution in [0, 0.1) is 0 Å². The van der Waals surface area contributed by atoms with E-state index in [1.54, 1.807) is 0 Å². The molecule has 3 saturated heterocycles. The number of nitrogens with zero attached hydrogens (tertiary/aromatic N) is 3. The average molecular weight is 624 g/mol. The molecule has 0 bridgehead atoms. The van der Waals surface area contributed by atoms with Gasteiger partial charge in [0.15, 0.2) is 0 Å². The molecule has 41 heavy (non-hydrogen) atoms. The van der Waals surface area contributed by atoms with Crippen molar-refractivity contribution in [2.75, 3.05) is 45.9 Å². The fourth-order valence-electron chi connectivity index (χ4n) is 6.21. The van der Waals surface area contributed by atoms with Crippen LogP contribution in [0.2, 0.25) is 10.0 Å². The molecule has 0 aliphatic carbocycles. The molecule has 0 aromatic heterocycles. The van der Waals surface area contributed by atoms with E-state index in [0.29, 0.717) is 24.8 Å². The van der Waals surface area contributed by atoms with E-state index in [2.05, 4.69) is 22.3 Å². The van der Waals surface area contributed by atoms with Crippen LogP contribution in [0.1, 0.15) is 31.2 Å². The number of amides is 2. The molecule has 12 heteroatoms. The molecule has 2 aromatic rings. The fraction of sp³-hybridized carbons (Fsp3) is 0.517. The molecule has 0 spiro atoms. The lowest BCUT2D eigenvalue weighted by molar-refractivity contribution is -0.141. The third-order valence-corrected chi connectivity index (χ3v) is 10.9. The van der Waals surface area contributed by atoms with Gasteiger partial charge in [-0.2, -0.15) is 4.31 Å². The number of benzene rings is 2. The van der Waals surface area contributed by atoms with E-state index in [4.69, 9.17) is 27.9 Å². The van der Waals surface area contributed by atoms with Gasteiger partial charge in [-0.05, 0) is 49.4 Å². The summed E-state index contributed by atoms with van der Waals surface area (Å²) in [6.07, 6.45) is 3.26. The van der Waals surface area contributed by atoms with Gasteiger partial charge in [-0.25, -0.2) is 8.42 Å². The molecule has 0 saturated carbocycles. The number of ether oxygens (including phenoxy) is 1. The summed E-state index contributed by atoms with van der Waals surface area (Å²) in [5.41, 5.74) is 1.20. The Morgan fingerprint density at radius 2 is 1.78 bits per heavy atom. The van der Waals surface area contributed by atoms with Crippen molar-refractivity contribution in [3.05, 3.63) is 64.1 Å². The van der Waals surface area contributed by atoms with Crippen LogP contribution < -0.4 is 5.32 Å². The van der Waals surface area contributed by atoms with E-state index in [1.165, 1.54) is 23.8 Å². The minimum atomic E-state index is -4.17. The molecule has 2 amide bonds. The summed E-state index contributed by atoms with van der Waals surface area (Å²) >= 11 is 12.2. The van der Waals surface area contributed by atoms with Gasteiger partial charge >= 0.3 is 0 Å². The number of piperidine rings is 1. The van der Waals surface area contributed by atoms with Gasteiger partial charge in [0.05, 0.1) is 24.7 Å². The first-order chi connectivity index (χ1) is 19.8. The molecule has 3 aliphatic heterocycles. The number of nitrogens with one attached hydrogen (secondary N) is 1. The van der Waals surface area contributed by atoms with Crippen molar-refractivity contribution in [1.82, 2.24) is 19.4 Å². The molecule has 2 aromatic carbocycles. The minimum absolute atomic E-state index is 0.0288. The molecule has 3 fully saturated rings. The smallest absolute Gasteiger partial charge is 0.245 e. The first-order valence-electron chi connectivity index (χ1n) is 14.2. The second-order valence-corrected chi connectivity index (χ2v) is 13.5. The first kappa shape index (κ1) is 30.3.